The lowest BCUT2D eigenvalue weighted by Crippen LogP contribution is -2.24. The molecule has 3 heteroatoms. The summed E-state index contributed by atoms with van der Waals surface area (Å²) in [6.45, 7) is 2.91. The maximum atomic E-state index is 9.00. The van der Waals surface area contributed by atoms with Gasteiger partial charge in [0.05, 0.1) is 6.61 Å². The van der Waals surface area contributed by atoms with Gasteiger partial charge in [-0.3, -0.25) is 0 Å². The third-order valence-corrected chi connectivity index (χ3v) is 3.76. The van der Waals surface area contributed by atoms with Crippen molar-refractivity contribution in [1.82, 2.24) is 5.32 Å². The molecule has 1 aromatic rings. The van der Waals surface area contributed by atoms with E-state index in [4.69, 9.17) is 9.84 Å². The summed E-state index contributed by atoms with van der Waals surface area (Å²) in [5, 5.41) is 12.5. The molecular formula is C15H23NO2. The zero-order valence-corrected chi connectivity index (χ0v) is 11.1. The van der Waals surface area contributed by atoms with Crippen LogP contribution in [0.15, 0.2) is 24.3 Å². The third kappa shape index (κ3) is 3.80. The van der Waals surface area contributed by atoms with Crippen LogP contribution in [0.2, 0.25) is 0 Å². The predicted molar refractivity (Wildman–Crippen MR) is 72.2 cm³/mol. The van der Waals surface area contributed by atoms with Gasteiger partial charge < -0.3 is 15.2 Å². The molecule has 0 aromatic heterocycles. The third-order valence-electron chi connectivity index (χ3n) is 3.76. The summed E-state index contributed by atoms with van der Waals surface area (Å²) < 4.78 is 5.09. The number of benzene rings is 1. The molecule has 1 aromatic carbocycles. The van der Waals surface area contributed by atoms with Crippen LogP contribution in [-0.2, 0) is 17.9 Å². The molecule has 0 radical (unpaired) electrons. The minimum Gasteiger partial charge on any atom is -0.396 e. The van der Waals surface area contributed by atoms with Gasteiger partial charge in [0.2, 0.25) is 0 Å². The molecule has 0 unspecified atom stereocenters. The van der Waals surface area contributed by atoms with Crippen molar-refractivity contribution in [3.8, 4) is 0 Å². The lowest BCUT2D eigenvalue weighted by Gasteiger charge is -2.14. The van der Waals surface area contributed by atoms with Gasteiger partial charge in [-0.1, -0.05) is 24.3 Å². The lowest BCUT2D eigenvalue weighted by molar-refractivity contribution is 0.185. The number of ether oxygens (including phenoxy) is 1. The van der Waals surface area contributed by atoms with Crippen LogP contribution in [0.4, 0.5) is 0 Å². The minimum absolute atomic E-state index is 0.313. The first kappa shape index (κ1) is 13.5. The van der Waals surface area contributed by atoms with Crippen LogP contribution in [0.25, 0.3) is 0 Å². The van der Waals surface area contributed by atoms with Crippen molar-refractivity contribution < 1.29 is 9.84 Å². The van der Waals surface area contributed by atoms with E-state index >= 15 is 0 Å². The number of rotatable bonds is 8. The molecule has 1 aliphatic carbocycles. The molecule has 0 heterocycles. The van der Waals surface area contributed by atoms with Crippen LogP contribution < -0.4 is 5.32 Å². The molecule has 1 aliphatic rings. The molecule has 100 valence electrons. The van der Waals surface area contributed by atoms with E-state index in [1.165, 1.54) is 24.0 Å². The highest BCUT2D eigenvalue weighted by Gasteiger charge is 2.41. The number of aliphatic hydroxyl groups excluding tert-OH is 1. The van der Waals surface area contributed by atoms with Gasteiger partial charge in [-0.15, -0.1) is 0 Å². The Hall–Kier alpha value is -0.900. The lowest BCUT2D eigenvalue weighted by atomic mass is 10.0. The fourth-order valence-corrected chi connectivity index (χ4v) is 2.32. The Kier molecular flexibility index (Phi) is 4.75. The highest BCUT2D eigenvalue weighted by molar-refractivity contribution is 5.22. The average Bonchev–Trinajstić information content (AvgIpc) is 3.12. The van der Waals surface area contributed by atoms with Crippen LogP contribution in [0.3, 0.4) is 0 Å². The van der Waals surface area contributed by atoms with E-state index < -0.39 is 0 Å². The Balaban J connectivity index is 1.73. The molecule has 2 N–H and O–H groups in total. The van der Waals surface area contributed by atoms with Crippen molar-refractivity contribution in [1.29, 1.82) is 0 Å². The molecule has 18 heavy (non-hydrogen) atoms. The van der Waals surface area contributed by atoms with E-state index in [1.807, 2.05) is 0 Å². The van der Waals surface area contributed by atoms with Crippen molar-refractivity contribution in [2.45, 2.75) is 32.4 Å². The molecule has 2 rings (SSSR count). The number of aliphatic hydroxyl groups is 1. The summed E-state index contributed by atoms with van der Waals surface area (Å²) in [5.41, 5.74) is 2.90. The van der Waals surface area contributed by atoms with Crippen LogP contribution >= 0.6 is 0 Å². The number of hydrogen-bond acceptors (Lipinski definition) is 3. The van der Waals surface area contributed by atoms with Gasteiger partial charge in [0, 0.05) is 26.8 Å². The maximum absolute atomic E-state index is 9.00. The van der Waals surface area contributed by atoms with Crippen molar-refractivity contribution >= 4 is 0 Å². The summed E-state index contributed by atoms with van der Waals surface area (Å²) >= 11 is 0. The van der Waals surface area contributed by atoms with Crippen molar-refractivity contribution in [3.05, 3.63) is 35.4 Å². The Labute approximate surface area is 109 Å². The Morgan fingerprint density at radius 3 is 2.44 bits per heavy atom. The smallest absolute Gasteiger partial charge is 0.0713 e. The zero-order chi connectivity index (χ0) is 12.8. The molecule has 3 nitrogen and oxygen atoms in total. The molecule has 0 atom stereocenters. The average molecular weight is 249 g/mol. The first-order chi connectivity index (χ1) is 8.78. The SMILES string of the molecule is COCc1ccc(CNCC2(CCO)CC2)cc1. The van der Waals surface area contributed by atoms with Gasteiger partial charge in [-0.2, -0.15) is 0 Å². The van der Waals surface area contributed by atoms with Crippen LogP contribution in [0.5, 0.6) is 0 Å². The second-order valence-corrected chi connectivity index (χ2v) is 5.33. The van der Waals surface area contributed by atoms with Crippen molar-refractivity contribution in [3.63, 3.8) is 0 Å². The van der Waals surface area contributed by atoms with Crippen LogP contribution in [0, 0.1) is 5.41 Å². The second kappa shape index (κ2) is 6.32. The number of hydrogen-bond donors (Lipinski definition) is 2. The summed E-state index contributed by atoms with van der Waals surface area (Å²) in [5.74, 6) is 0. The van der Waals surface area contributed by atoms with Gasteiger partial charge in [-0.25, -0.2) is 0 Å². The molecule has 0 amide bonds. The summed E-state index contributed by atoms with van der Waals surface area (Å²) in [7, 11) is 1.71. The number of methoxy groups -OCH3 is 1. The van der Waals surface area contributed by atoms with E-state index in [1.54, 1.807) is 7.11 Å². The fourth-order valence-electron chi connectivity index (χ4n) is 2.32. The van der Waals surface area contributed by atoms with Crippen LogP contribution in [0.1, 0.15) is 30.4 Å². The summed E-state index contributed by atoms with van der Waals surface area (Å²) in [6.07, 6.45) is 3.45. The van der Waals surface area contributed by atoms with E-state index in [0.717, 1.165) is 19.5 Å². The summed E-state index contributed by atoms with van der Waals surface area (Å²) in [6, 6.07) is 8.52. The van der Waals surface area contributed by atoms with Gasteiger partial charge >= 0.3 is 0 Å². The van der Waals surface area contributed by atoms with Gasteiger partial charge in [0.15, 0.2) is 0 Å². The maximum Gasteiger partial charge on any atom is 0.0713 e. The Morgan fingerprint density at radius 1 is 1.22 bits per heavy atom. The molecule has 0 saturated heterocycles. The highest BCUT2D eigenvalue weighted by Crippen LogP contribution is 2.47. The molecule has 1 saturated carbocycles. The molecular weight excluding hydrogens is 226 g/mol. The van der Waals surface area contributed by atoms with Crippen molar-refractivity contribution in [2.75, 3.05) is 20.3 Å². The second-order valence-electron chi connectivity index (χ2n) is 5.33. The molecule has 1 fully saturated rings. The van der Waals surface area contributed by atoms with Crippen LogP contribution in [-0.4, -0.2) is 25.4 Å². The Morgan fingerprint density at radius 2 is 1.89 bits per heavy atom. The Bertz CT molecular complexity index is 357. The minimum atomic E-state index is 0.313. The fraction of sp³-hybridized carbons (Fsp3) is 0.600. The van der Waals surface area contributed by atoms with Gasteiger partial charge in [0.25, 0.3) is 0 Å². The number of nitrogens with one attached hydrogen (secondary N) is 1. The first-order valence-electron chi connectivity index (χ1n) is 6.66. The van der Waals surface area contributed by atoms with E-state index in [2.05, 4.69) is 29.6 Å². The van der Waals surface area contributed by atoms with E-state index in [9.17, 15) is 0 Å². The van der Waals surface area contributed by atoms with E-state index in [-0.39, 0.29) is 0 Å². The quantitative estimate of drug-likeness (QED) is 0.741. The molecule has 0 aliphatic heterocycles. The predicted octanol–water partition coefficient (Wildman–Crippen LogP) is 2.09. The summed E-state index contributed by atoms with van der Waals surface area (Å²) in [4.78, 5) is 0. The largest absolute Gasteiger partial charge is 0.396 e. The molecule has 0 bridgehead atoms. The normalized spacial score (nSPS) is 16.8. The zero-order valence-electron chi connectivity index (χ0n) is 11.1. The molecule has 0 spiro atoms. The van der Waals surface area contributed by atoms with Crippen molar-refractivity contribution in [2.24, 2.45) is 5.41 Å². The van der Waals surface area contributed by atoms with E-state index in [0.29, 0.717) is 18.6 Å². The topological polar surface area (TPSA) is 41.5 Å². The monoisotopic (exact) mass is 249 g/mol. The standard InChI is InChI=1S/C15H23NO2/c1-18-11-14-4-2-13(3-5-14)10-16-12-15(6-7-15)8-9-17/h2-5,16-17H,6-12H2,1H3. The van der Waals surface area contributed by atoms with Gasteiger partial charge in [0.1, 0.15) is 0 Å². The first-order valence-corrected chi connectivity index (χ1v) is 6.66. The van der Waals surface area contributed by atoms with Gasteiger partial charge in [-0.05, 0) is 35.8 Å². The highest BCUT2D eigenvalue weighted by atomic mass is 16.5.